The highest BCUT2D eigenvalue weighted by Gasteiger charge is 2.24. The van der Waals surface area contributed by atoms with Crippen molar-refractivity contribution < 1.29 is 17.9 Å². The Bertz CT molecular complexity index is 1650. The first kappa shape index (κ1) is 25.4. The third kappa shape index (κ3) is 5.56. The van der Waals surface area contributed by atoms with E-state index in [1.165, 1.54) is 6.07 Å². The molecule has 0 N–H and O–H groups in total. The minimum absolute atomic E-state index is 0.179. The number of methoxy groups -OCH3 is 1. The van der Waals surface area contributed by atoms with Gasteiger partial charge in [0, 0.05) is 6.42 Å². The maximum Gasteiger partial charge on any atom is 0.193 e. The zero-order valence-corrected chi connectivity index (χ0v) is 22.6. The molecule has 2 aromatic heterocycles. The number of hydrogen-bond donors (Lipinski definition) is 0. The molecule has 0 amide bonds. The van der Waals surface area contributed by atoms with Crippen LogP contribution in [0.2, 0.25) is 4.34 Å². The molecule has 37 heavy (non-hydrogen) atoms. The van der Waals surface area contributed by atoms with Crippen LogP contribution in [0.1, 0.15) is 29.7 Å². The van der Waals surface area contributed by atoms with Gasteiger partial charge >= 0.3 is 0 Å². The number of ketones is 1. The molecule has 0 bridgehead atoms. The molecule has 190 valence electrons. The highest BCUT2D eigenvalue weighted by Crippen LogP contribution is 2.33. The fraction of sp³-hybridized carbons (Fsp3) is 0.214. The Morgan fingerprint density at radius 2 is 1.95 bits per heavy atom. The lowest BCUT2D eigenvalue weighted by atomic mass is 10.0. The monoisotopic (exact) mass is 552 g/mol. The van der Waals surface area contributed by atoms with Crippen molar-refractivity contribution in [2.24, 2.45) is 0 Å². The summed E-state index contributed by atoms with van der Waals surface area (Å²) in [5.74, 6) is 0.486. The lowest BCUT2D eigenvalue weighted by molar-refractivity contribution is -0.115. The second kappa shape index (κ2) is 10.7. The van der Waals surface area contributed by atoms with Crippen molar-refractivity contribution in [2.45, 2.75) is 35.8 Å². The third-order valence-corrected chi connectivity index (χ3v) is 9.75. The van der Waals surface area contributed by atoms with Crippen LogP contribution in [0.25, 0.3) is 10.9 Å². The van der Waals surface area contributed by atoms with E-state index in [-0.39, 0.29) is 15.7 Å². The second-order valence-corrected chi connectivity index (χ2v) is 12.8. The molecule has 0 atom stereocenters. The van der Waals surface area contributed by atoms with Crippen LogP contribution in [0.5, 0.6) is 5.75 Å². The number of allylic oxidation sites excluding steroid dienone is 4. The molecule has 0 radical (unpaired) electrons. The minimum Gasteiger partial charge on any atom is -0.496 e. The number of halogens is 1. The smallest absolute Gasteiger partial charge is 0.193 e. The fourth-order valence-corrected chi connectivity index (χ4v) is 7.36. The van der Waals surface area contributed by atoms with Crippen molar-refractivity contribution in [3.8, 4) is 5.75 Å². The Balaban J connectivity index is 1.42. The summed E-state index contributed by atoms with van der Waals surface area (Å²) in [4.78, 5) is 12.4. The van der Waals surface area contributed by atoms with Crippen molar-refractivity contribution in [3.63, 3.8) is 0 Å². The van der Waals surface area contributed by atoms with Crippen LogP contribution in [0.15, 0.2) is 82.6 Å². The van der Waals surface area contributed by atoms with Gasteiger partial charge in [-0.3, -0.25) is 9.48 Å². The van der Waals surface area contributed by atoms with Gasteiger partial charge in [0.15, 0.2) is 15.6 Å². The molecule has 6 nitrogen and oxygen atoms in total. The van der Waals surface area contributed by atoms with Gasteiger partial charge in [-0.15, -0.1) is 11.3 Å². The zero-order chi connectivity index (χ0) is 26.0. The van der Waals surface area contributed by atoms with Gasteiger partial charge in [0.2, 0.25) is 0 Å². The van der Waals surface area contributed by atoms with E-state index in [1.807, 2.05) is 53.2 Å². The predicted octanol–water partition coefficient (Wildman–Crippen LogP) is 6.17. The summed E-state index contributed by atoms with van der Waals surface area (Å²) in [6.07, 6.45) is 7.64. The summed E-state index contributed by atoms with van der Waals surface area (Å²) in [6.45, 7) is 0.450. The number of aryl methyl sites for hydroxylation is 1. The van der Waals surface area contributed by atoms with E-state index in [4.69, 9.17) is 21.4 Å². The van der Waals surface area contributed by atoms with Crippen LogP contribution in [0.3, 0.4) is 0 Å². The maximum atomic E-state index is 13.1. The van der Waals surface area contributed by atoms with Gasteiger partial charge in [-0.2, -0.15) is 5.10 Å². The Kier molecular flexibility index (Phi) is 7.33. The van der Waals surface area contributed by atoms with E-state index in [2.05, 4.69) is 6.07 Å². The summed E-state index contributed by atoms with van der Waals surface area (Å²) >= 11 is 7.02. The molecule has 2 aromatic carbocycles. The molecule has 1 aliphatic rings. The number of fused-ring (bicyclic) bond motifs is 1. The summed E-state index contributed by atoms with van der Waals surface area (Å²) in [5, 5.41) is 5.40. The molecule has 1 aliphatic carbocycles. The molecule has 5 rings (SSSR count). The van der Waals surface area contributed by atoms with E-state index in [1.54, 1.807) is 19.2 Å². The number of rotatable bonds is 10. The van der Waals surface area contributed by atoms with Gasteiger partial charge in [0.25, 0.3) is 0 Å². The average molecular weight is 553 g/mol. The molecule has 0 fully saturated rings. The standard InChI is InChI=1S/C28H25ClN2O4S2/c1-35-25-11-5-10-23-28(25)22(18-37(33,34)27-15-14-26(29)36-27)30-31(23)17-20-7-4-6-19(16-20)12-13-24(32)21-8-2-3-9-21/h2-8,10-11,14-16H,9,12-13,17-18H2,1H3. The predicted molar refractivity (Wildman–Crippen MR) is 147 cm³/mol. The summed E-state index contributed by atoms with van der Waals surface area (Å²) in [6, 6.07) is 16.8. The van der Waals surface area contributed by atoms with Gasteiger partial charge in [-0.25, -0.2) is 8.42 Å². The number of thiophene rings is 1. The van der Waals surface area contributed by atoms with Gasteiger partial charge in [-0.1, -0.05) is 60.2 Å². The largest absolute Gasteiger partial charge is 0.496 e. The van der Waals surface area contributed by atoms with Crippen molar-refractivity contribution in [1.82, 2.24) is 9.78 Å². The van der Waals surface area contributed by atoms with Crippen molar-refractivity contribution in [2.75, 3.05) is 7.11 Å². The topological polar surface area (TPSA) is 78.3 Å². The Morgan fingerprint density at radius 1 is 1.14 bits per heavy atom. The number of carbonyl (C=O) groups excluding carboxylic acids is 1. The second-order valence-electron chi connectivity index (χ2n) is 8.84. The SMILES string of the molecule is COc1cccc2c1c(CS(=O)(=O)c1ccc(Cl)s1)nn2Cc1cccc(CCC(=O)C2=CC=CC2)c1. The molecule has 0 unspecified atom stereocenters. The zero-order valence-electron chi connectivity index (χ0n) is 20.2. The number of ether oxygens (including phenoxy) is 1. The summed E-state index contributed by atoms with van der Waals surface area (Å²) in [5.41, 5.74) is 4.16. The number of hydrogen-bond acceptors (Lipinski definition) is 6. The Hall–Kier alpha value is -3.20. The molecule has 2 heterocycles. The first-order chi connectivity index (χ1) is 17.8. The first-order valence-corrected chi connectivity index (χ1v) is 14.7. The number of aromatic nitrogens is 2. The molecule has 0 spiro atoms. The van der Waals surface area contributed by atoms with E-state index in [0.29, 0.717) is 47.0 Å². The van der Waals surface area contributed by atoms with Gasteiger partial charge < -0.3 is 4.74 Å². The van der Waals surface area contributed by atoms with Crippen molar-refractivity contribution >= 4 is 49.5 Å². The highest BCUT2D eigenvalue weighted by molar-refractivity contribution is 7.92. The quantitative estimate of drug-likeness (QED) is 0.235. The van der Waals surface area contributed by atoms with E-state index < -0.39 is 9.84 Å². The molecule has 0 saturated carbocycles. The molecular formula is C28H25ClN2O4S2. The van der Waals surface area contributed by atoms with E-state index >= 15 is 0 Å². The van der Waals surface area contributed by atoms with Crippen molar-refractivity contribution in [1.29, 1.82) is 0 Å². The molecule has 4 aromatic rings. The molecule has 0 saturated heterocycles. The Morgan fingerprint density at radius 3 is 2.68 bits per heavy atom. The lowest BCUT2D eigenvalue weighted by Gasteiger charge is -2.08. The average Bonchev–Trinajstić information content (AvgIpc) is 3.64. The van der Waals surface area contributed by atoms with Gasteiger partial charge in [0.1, 0.15) is 15.7 Å². The van der Waals surface area contributed by atoms with Crippen LogP contribution < -0.4 is 4.74 Å². The minimum atomic E-state index is -3.64. The van der Waals surface area contributed by atoms with E-state index in [9.17, 15) is 13.2 Å². The Labute approximate surface area is 224 Å². The molecule has 0 aliphatic heterocycles. The van der Waals surface area contributed by atoms with Crippen LogP contribution >= 0.6 is 22.9 Å². The number of sulfone groups is 1. The van der Waals surface area contributed by atoms with Crippen molar-refractivity contribution in [3.05, 3.63) is 99.6 Å². The van der Waals surface area contributed by atoms with Crippen LogP contribution in [0, 0.1) is 0 Å². The maximum absolute atomic E-state index is 13.1. The number of nitrogens with zero attached hydrogens (tertiary/aromatic N) is 2. The summed E-state index contributed by atoms with van der Waals surface area (Å²) in [7, 11) is -2.07. The highest BCUT2D eigenvalue weighted by atomic mass is 35.5. The van der Waals surface area contributed by atoms with Gasteiger partial charge in [0.05, 0.1) is 34.6 Å². The van der Waals surface area contributed by atoms with Crippen LogP contribution in [0.4, 0.5) is 0 Å². The number of Topliss-reactive ketones (excluding diaryl/α,β-unsaturated/α-hetero) is 1. The van der Waals surface area contributed by atoms with E-state index in [0.717, 1.165) is 33.6 Å². The first-order valence-electron chi connectivity index (χ1n) is 11.8. The summed E-state index contributed by atoms with van der Waals surface area (Å²) < 4.78 is 34.2. The molecular weight excluding hydrogens is 528 g/mol. The normalized spacial score (nSPS) is 13.3. The van der Waals surface area contributed by atoms with Gasteiger partial charge in [-0.05, 0) is 53.8 Å². The number of carbonyl (C=O) groups is 1. The molecule has 9 heteroatoms. The van der Waals surface area contributed by atoms with Crippen LogP contribution in [-0.4, -0.2) is 31.1 Å². The number of benzene rings is 2. The van der Waals surface area contributed by atoms with Crippen LogP contribution in [-0.2, 0) is 33.4 Å². The lowest BCUT2D eigenvalue weighted by Crippen LogP contribution is -2.07. The fourth-order valence-electron chi connectivity index (χ4n) is 4.51. The third-order valence-electron chi connectivity index (χ3n) is 6.31.